The maximum absolute atomic E-state index is 12.7. The van der Waals surface area contributed by atoms with E-state index in [9.17, 15) is 4.79 Å². The number of hydrogen-bond donors (Lipinski definition) is 0. The number of rotatable bonds is 4. The summed E-state index contributed by atoms with van der Waals surface area (Å²) in [6.45, 7) is 0. The van der Waals surface area contributed by atoms with Crippen LogP contribution in [0.5, 0.6) is 5.75 Å². The van der Waals surface area contributed by atoms with Crippen LogP contribution in [0.1, 0.15) is 50.5 Å². The van der Waals surface area contributed by atoms with E-state index in [0.717, 1.165) is 36.0 Å². The second-order valence-electron chi connectivity index (χ2n) is 6.77. The van der Waals surface area contributed by atoms with Gasteiger partial charge in [0.05, 0.1) is 7.11 Å². The van der Waals surface area contributed by atoms with Crippen molar-refractivity contribution in [3.63, 3.8) is 0 Å². The fourth-order valence-electron chi connectivity index (χ4n) is 4.35. The number of carbonyl (C=O) groups excluding carboxylic acids is 1. The van der Waals surface area contributed by atoms with Crippen LogP contribution in [0.25, 0.3) is 0 Å². The Hall–Kier alpha value is -1.31. The monoisotopic (exact) mass is 286 g/mol. The van der Waals surface area contributed by atoms with Gasteiger partial charge < -0.3 is 4.74 Å². The lowest BCUT2D eigenvalue weighted by Gasteiger charge is -2.38. The molecule has 1 aromatic rings. The van der Waals surface area contributed by atoms with Crippen LogP contribution >= 0.6 is 0 Å². The quantitative estimate of drug-likeness (QED) is 0.819. The molecule has 21 heavy (non-hydrogen) atoms. The van der Waals surface area contributed by atoms with Crippen molar-refractivity contribution in [1.82, 2.24) is 0 Å². The summed E-state index contributed by atoms with van der Waals surface area (Å²) in [7, 11) is 1.68. The fraction of sp³-hybridized carbons (Fsp3) is 0.632. The minimum Gasteiger partial charge on any atom is -0.496 e. The molecule has 1 aromatic carbocycles. The predicted octanol–water partition coefficient (Wildman–Crippen LogP) is 4.41. The molecule has 0 aromatic heterocycles. The largest absolute Gasteiger partial charge is 0.496 e. The van der Waals surface area contributed by atoms with Gasteiger partial charge >= 0.3 is 0 Å². The highest BCUT2D eigenvalue weighted by atomic mass is 16.5. The number of Topliss-reactive ketones (excluding diaryl/α,β-unsaturated/α-hetero) is 1. The van der Waals surface area contributed by atoms with Gasteiger partial charge in [0, 0.05) is 17.9 Å². The van der Waals surface area contributed by atoms with Crippen LogP contribution in [0.15, 0.2) is 24.3 Å². The normalized spacial score (nSPS) is 28.7. The Morgan fingerprint density at radius 1 is 1.10 bits per heavy atom. The summed E-state index contributed by atoms with van der Waals surface area (Å²) < 4.78 is 5.37. The zero-order valence-corrected chi connectivity index (χ0v) is 13.0. The van der Waals surface area contributed by atoms with Crippen LogP contribution in [0, 0.1) is 17.8 Å². The van der Waals surface area contributed by atoms with E-state index in [0.29, 0.717) is 12.2 Å². The lowest BCUT2D eigenvalue weighted by atomic mass is 9.66. The van der Waals surface area contributed by atoms with Gasteiger partial charge in [-0.2, -0.15) is 0 Å². The van der Waals surface area contributed by atoms with Gasteiger partial charge in [0.25, 0.3) is 0 Å². The van der Waals surface area contributed by atoms with Crippen molar-refractivity contribution in [2.75, 3.05) is 7.11 Å². The number of hydrogen-bond acceptors (Lipinski definition) is 2. The summed E-state index contributed by atoms with van der Waals surface area (Å²) in [6.07, 6.45) is 9.57. The molecule has 0 radical (unpaired) electrons. The van der Waals surface area contributed by atoms with Gasteiger partial charge in [0.15, 0.2) is 0 Å². The van der Waals surface area contributed by atoms with Gasteiger partial charge in [-0.25, -0.2) is 0 Å². The molecule has 3 atom stereocenters. The molecule has 2 heteroatoms. The Labute approximate surface area is 127 Å². The summed E-state index contributed by atoms with van der Waals surface area (Å²) in [4.78, 5) is 12.7. The van der Waals surface area contributed by atoms with E-state index >= 15 is 0 Å². The number of methoxy groups -OCH3 is 1. The van der Waals surface area contributed by atoms with E-state index in [-0.39, 0.29) is 5.92 Å². The molecule has 2 saturated carbocycles. The molecule has 0 saturated heterocycles. The topological polar surface area (TPSA) is 26.3 Å². The highest BCUT2D eigenvalue weighted by Crippen LogP contribution is 2.43. The molecule has 2 aliphatic rings. The predicted molar refractivity (Wildman–Crippen MR) is 84.5 cm³/mol. The Bertz CT molecular complexity index is 494. The smallest absolute Gasteiger partial charge is 0.140 e. The lowest BCUT2D eigenvalue weighted by Crippen LogP contribution is -2.31. The Morgan fingerprint density at radius 3 is 2.67 bits per heavy atom. The van der Waals surface area contributed by atoms with E-state index in [1.54, 1.807) is 7.11 Å². The van der Waals surface area contributed by atoms with Gasteiger partial charge in [-0.1, -0.05) is 43.9 Å². The first-order valence-corrected chi connectivity index (χ1v) is 8.42. The number of fused-ring (bicyclic) bond motifs is 1. The summed E-state index contributed by atoms with van der Waals surface area (Å²) in [5, 5.41) is 0. The third-order valence-corrected chi connectivity index (χ3v) is 5.55. The molecule has 114 valence electrons. The van der Waals surface area contributed by atoms with Crippen molar-refractivity contribution in [3.05, 3.63) is 29.8 Å². The van der Waals surface area contributed by atoms with E-state index in [1.165, 1.54) is 32.1 Å². The van der Waals surface area contributed by atoms with Gasteiger partial charge in [0.1, 0.15) is 11.5 Å². The molecule has 2 nitrogen and oxygen atoms in total. The van der Waals surface area contributed by atoms with E-state index < -0.39 is 0 Å². The minimum atomic E-state index is 0.286. The second kappa shape index (κ2) is 6.64. The van der Waals surface area contributed by atoms with Gasteiger partial charge in [0.2, 0.25) is 0 Å². The summed E-state index contributed by atoms with van der Waals surface area (Å²) in [6, 6.07) is 7.91. The van der Waals surface area contributed by atoms with Gasteiger partial charge in [-0.05, 0) is 37.2 Å². The first-order valence-electron chi connectivity index (χ1n) is 8.42. The molecule has 0 N–H and O–H groups in total. The average molecular weight is 286 g/mol. The Balaban J connectivity index is 1.63. The van der Waals surface area contributed by atoms with Crippen LogP contribution in [-0.2, 0) is 11.2 Å². The first-order chi connectivity index (χ1) is 10.3. The fourth-order valence-corrected chi connectivity index (χ4v) is 4.35. The van der Waals surface area contributed by atoms with Crippen molar-refractivity contribution in [2.45, 2.75) is 51.4 Å². The molecule has 0 bridgehead atoms. The highest BCUT2D eigenvalue weighted by molar-refractivity contribution is 5.84. The first kappa shape index (κ1) is 14.6. The molecule has 0 amide bonds. The molecule has 0 spiro atoms. The number of ketones is 1. The SMILES string of the molecule is COc1ccccc1CC(=O)C1CCC2CCCCC2C1. The van der Waals surface area contributed by atoms with Crippen LogP contribution in [0.3, 0.4) is 0 Å². The zero-order chi connectivity index (χ0) is 14.7. The van der Waals surface area contributed by atoms with Crippen LogP contribution in [0.2, 0.25) is 0 Å². The van der Waals surface area contributed by atoms with Crippen molar-refractivity contribution in [1.29, 1.82) is 0 Å². The number of ether oxygens (including phenoxy) is 1. The maximum Gasteiger partial charge on any atom is 0.140 e. The lowest BCUT2D eigenvalue weighted by molar-refractivity contribution is -0.124. The van der Waals surface area contributed by atoms with Crippen LogP contribution in [-0.4, -0.2) is 12.9 Å². The van der Waals surface area contributed by atoms with E-state index in [2.05, 4.69) is 0 Å². The number of para-hydroxylation sites is 1. The molecule has 2 fully saturated rings. The molecule has 3 unspecified atom stereocenters. The molecule has 3 rings (SSSR count). The number of benzene rings is 1. The molecular weight excluding hydrogens is 260 g/mol. The average Bonchev–Trinajstić information content (AvgIpc) is 2.55. The van der Waals surface area contributed by atoms with Crippen molar-refractivity contribution in [2.24, 2.45) is 17.8 Å². The zero-order valence-electron chi connectivity index (χ0n) is 13.0. The summed E-state index contributed by atoms with van der Waals surface area (Å²) in [5.41, 5.74) is 1.04. The van der Waals surface area contributed by atoms with E-state index in [4.69, 9.17) is 4.74 Å². The second-order valence-corrected chi connectivity index (χ2v) is 6.77. The molecular formula is C19H26O2. The summed E-state index contributed by atoms with van der Waals surface area (Å²) >= 11 is 0. The standard InChI is InChI=1S/C19H26O2/c1-21-19-9-5-4-8-17(19)13-18(20)16-11-10-14-6-2-3-7-15(14)12-16/h4-5,8-9,14-16H,2-3,6-7,10-13H2,1H3. The third kappa shape index (κ3) is 3.30. The molecule has 0 aliphatic heterocycles. The summed E-state index contributed by atoms with van der Waals surface area (Å²) in [5.74, 6) is 3.28. The van der Waals surface area contributed by atoms with Crippen molar-refractivity contribution in [3.8, 4) is 5.75 Å². The third-order valence-electron chi connectivity index (χ3n) is 5.55. The van der Waals surface area contributed by atoms with Crippen molar-refractivity contribution < 1.29 is 9.53 Å². The van der Waals surface area contributed by atoms with Crippen LogP contribution < -0.4 is 4.74 Å². The number of carbonyl (C=O) groups is 1. The molecule has 2 aliphatic carbocycles. The van der Waals surface area contributed by atoms with Crippen molar-refractivity contribution >= 4 is 5.78 Å². The van der Waals surface area contributed by atoms with Gasteiger partial charge in [-0.15, -0.1) is 0 Å². The Kier molecular flexibility index (Phi) is 4.62. The maximum atomic E-state index is 12.7. The van der Waals surface area contributed by atoms with Gasteiger partial charge in [-0.3, -0.25) is 4.79 Å². The van der Waals surface area contributed by atoms with Crippen LogP contribution in [0.4, 0.5) is 0 Å². The Morgan fingerprint density at radius 2 is 1.86 bits per heavy atom. The van der Waals surface area contributed by atoms with E-state index in [1.807, 2.05) is 24.3 Å². The minimum absolute atomic E-state index is 0.286. The highest BCUT2D eigenvalue weighted by Gasteiger charge is 2.34. The molecule has 0 heterocycles.